The van der Waals surface area contributed by atoms with Gasteiger partial charge in [-0.2, -0.15) is 5.26 Å². The average molecular weight is 229 g/mol. The normalized spacial score (nSPS) is 10.1. The summed E-state index contributed by atoms with van der Waals surface area (Å²) in [6.07, 6.45) is 7.07. The summed E-state index contributed by atoms with van der Waals surface area (Å²) in [5.74, 6) is 0.360. The minimum Gasteiger partial charge on any atom is -0.311 e. The molecule has 0 amide bonds. The van der Waals surface area contributed by atoms with Gasteiger partial charge in [0.1, 0.15) is 6.07 Å². The van der Waals surface area contributed by atoms with Gasteiger partial charge >= 0.3 is 0 Å². The van der Waals surface area contributed by atoms with Crippen LogP contribution < -0.4 is 5.56 Å². The molecular weight excluding hydrogens is 218 g/mol. The van der Waals surface area contributed by atoms with Gasteiger partial charge in [-0.15, -0.1) is 0 Å². The molecule has 0 aromatic carbocycles. The lowest BCUT2D eigenvalue weighted by Crippen LogP contribution is -2.25. The minimum absolute atomic E-state index is 0.156. The van der Waals surface area contributed by atoms with E-state index in [1.165, 1.54) is 10.8 Å². The van der Waals surface area contributed by atoms with E-state index in [2.05, 4.69) is 9.97 Å². The number of hydrogen-bond acceptors (Lipinski definition) is 4. The molecule has 2 aromatic heterocycles. The van der Waals surface area contributed by atoms with E-state index < -0.39 is 0 Å². The standard InChI is InChI=1S/C11H11N5O/c1-2-5-15-6-3-14-10(11(15)17)16-7-4-13-9(16)8-12/h3-4,6-7H,2,5H2,1H3. The fourth-order valence-electron chi connectivity index (χ4n) is 1.58. The predicted octanol–water partition coefficient (Wildman–Crippen LogP) is 0.711. The maximum absolute atomic E-state index is 12.1. The van der Waals surface area contributed by atoms with Crippen LogP contribution in [0.2, 0.25) is 0 Å². The van der Waals surface area contributed by atoms with Gasteiger partial charge in [-0.3, -0.25) is 9.36 Å². The summed E-state index contributed by atoms with van der Waals surface area (Å²) >= 11 is 0. The second-order valence-corrected chi connectivity index (χ2v) is 3.48. The van der Waals surface area contributed by atoms with Gasteiger partial charge in [-0.25, -0.2) is 9.97 Å². The Bertz CT molecular complexity index is 619. The Morgan fingerprint density at radius 2 is 2.12 bits per heavy atom. The van der Waals surface area contributed by atoms with Gasteiger partial charge in [-0.1, -0.05) is 6.92 Å². The second kappa shape index (κ2) is 4.61. The summed E-state index contributed by atoms with van der Waals surface area (Å²) in [5.41, 5.74) is -0.219. The molecule has 0 spiro atoms. The molecule has 2 rings (SSSR count). The van der Waals surface area contributed by atoms with Crippen molar-refractivity contribution >= 4 is 0 Å². The van der Waals surface area contributed by atoms with Gasteiger partial charge in [0.05, 0.1) is 0 Å². The largest absolute Gasteiger partial charge is 0.311 e. The molecule has 2 heterocycles. The molecule has 0 atom stereocenters. The van der Waals surface area contributed by atoms with Crippen molar-refractivity contribution in [1.29, 1.82) is 5.26 Å². The van der Waals surface area contributed by atoms with E-state index in [9.17, 15) is 4.79 Å². The lowest BCUT2D eigenvalue weighted by Gasteiger charge is -2.06. The molecule has 0 aliphatic heterocycles. The van der Waals surface area contributed by atoms with Crippen LogP contribution in [0.15, 0.2) is 29.6 Å². The average Bonchev–Trinajstić information content (AvgIpc) is 2.80. The SMILES string of the molecule is CCCn1ccnc(-n2ccnc2C#N)c1=O. The fourth-order valence-corrected chi connectivity index (χ4v) is 1.58. The van der Waals surface area contributed by atoms with Crippen molar-refractivity contribution in [2.75, 3.05) is 0 Å². The summed E-state index contributed by atoms with van der Waals surface area (Å²) in [4.78, 5) is 19.9. The van der Waals surface area contributed by atoms with Gasteiger partial charge in [0.2, 0.25) is 11.6 Å². The third-order valence-corrected chi connectivity index (χ3v) is 2.33. The van der Waals surface area contributed by atoms with Crippen molar-refractivity contribution in [3.63, 3.8) is 0 Å². The molecule has 86 valence electrons. The van der Waals surface area contributed by atoms with E-state index in [1.54, 1.807) is 23.2 Å². The molecule has 6 nitrogen and oxygen atoms in total. The van der Waals surface area contributed by atoms with Crippen LogP contribution in [0, 0.1) is 11.3 Å². The minimum atomic E-state index is -0.219. The first-order valence-electron chi connectivity index (χ1n) is 5.27. The molecule has 0 aliphatic rings. The van der Waals surface area contributed by atoms with Crippen LogP contribution in [0.1, 0.15) is 19.2 Å². The summed E-state index contributed by atoms with van der Waals surface area (Å²) in [6, 6.07) is 1.92. The van der Waals surface area contributed by atoms with Gasteiger partial charge in [0, 0.05) is 31.3 Å². The molecule has 0 radical (unpaired) electrons. The smallest absolute Gasteiger partial charge is 0.294 e. The van der Waals surface area contributed by atoms with E-state index in [-0.39, 0.29) is 17.2 Å². The lowest BCUT2D eigenvalue weighted by molar-refractivity contribution is 0.641. The zero-order valence-electron chi connectivity index (χ0n) is 9.37. The molecule has 0 unspecified atom stereocenters. The molecule has 0 aliphatic carbocycles. The molecular formula is C11H11N5O. The third kappa shape index (κ3) is 1.95. The molecule has 0 fully saturated rings. The molecule has 0 saturated heterocycles. The molecule has 0 saturated carbocycles. The Balaban J connectivity index is 2.58. The summed E-state index contributed by atoms with van der Waals surface area (Å²) < 4.78 is 2.97. The van der Waals surface area contributed by atoms with Crippen molar-refractivity contribution in [1.82, 2.24) is 19.1 Å². The molecule has 0 bridgehead atoms. The van der Waals surface area contributed by atoms with E-state index in [0.717, 1.165) is 6.42 Å². The van der Waals surface area contributed by atoms with Crippen molar-refractivity contribution in [3.8, 4) is 11.9 Å². The number of nitrogens with zero attached hydrogens (tertiary/aromatic N) is 5. The Hall–Kier alpha value is -2.42. The number of aryl methyl sites for hydroxylation is 1. The van der Waals surface area contributed by atoms with Crippen LogP contribution in [-0.4, -0.2) is 19.1 Å². The molecule has 0 N–H and O–H groups in total. The van der Waals surface area contributed by atoms with Crippen LogP contribution in [-0.2, 0) is 6.54 Å². The highest BCUT2D eigenvalue weighted by atomic mass is 16.1. The van der Waals surface area contributed by atoms with Crippen molar-refractivity contribution in [2.45, 2.75) is 19.9 Å². The predicted molar refractivity (Wildman–Crippen MR) is 60.6 cm³/mol. The van der Waals surface area contributed by atoms with E-state index in [1.807, 2.05) is 13.0 Å². The monoisotopic (exact) mass is 229 g/mol. The number of rotatable bonds is 3. The Morgan fingerprint density at radius 3 is 2.82 bits per heavy atom. The number of nitriles is 1. The van der Waals surface area contributed by atoms with Crippen LogP contribution in [0.25, 0.3) is 5.82 Å². The van der Waals surface area contributed by atoms with Crippen LogP contribution in [0.4, 0.5) is 0 Å². The molecule has 6 heteroatoms. The highest BCUT2D eigenvalue weighted by molar-refractivity contribution is 5.26. The van der Waals surface area contributed by atoms with Gasteiger partial charge < -0.3 is 4.57 Å². The van der Waals surface area contributed by atoms with Crippen molar-refractivity contribution in [2.24, 2.45) is 0 Å². The first-order chi connectivity index (χ1) is 8.27. The van der Waals surface area contributed by atoms with E-state index >= 15 is 0 Å². The maximum Gasteiger partial charge on any atom is 0.294 e. The number of aromatic nitrogens is 4. The van der Waals surface area contributed by atoms with Crippen LogP contribution in [0.5, 0.6) is 0 Å². The Kier molecular flexibility index (Phi) is 3.01. The third-order valence-electron chi connectivity index (χ3n) is 2.33. The van der Waals surface area contributed by atoms with E-state index in [4.69, 9.17) is 5.26 Å². The lowest BCUT2D eigenvalue weighted by atomic mass is 10.4. The zero-order valence-corrected chi connectivity index (χ0v) is 9.37. The van der Waals surface area contributed by atoms with Crippen LogP contribution >= 0.6 is 0 Å². The molecule has 2 aromatic rings. The summed E-state index contributed by atoms with van der Waals surface area (Å²) in [7, 11) is 0. The second-order valence-electron chi connectivity index (χ2n) is 3.48. The summed E-state index contributed by atoms with van der Waals surface area (Å²) in [6.45, 7) is 2.62. The van der Waals surface area contributed by atoms with Crippen molar-refractivity contribution < 1.29 is 0 Å². The first-order valence-corrected chi connectivity index (χ1v) is 5.27. The van der Waals surface area contributed by atoms with Gasteiger partial charge in [0.25, 0.3) is 5.56 Å². The topological polar surface area (TPSA) is 76.5 Å². The Morgan fingerprint density at radius 1 is 1.35 bits per heavy atom. The maximum atomic E-state index is 12.1. The molecule has 17 heavy (non-hydrogen) atoms. The summed E-state index contributed by atoms with van der Waals surface area (Å²) in [5, 5.41) is 8.86. The van der Waals surface area contributed by atoms with E-state index in [0.29, 0.717) is 6.54 Å². The van der Waals surface area contributed by atoms with Gasteiger partial charge in [0.15, 0.2) is 0 Å². The number of hydrogen-bond donors (Lipinski definition) is 0. The van der Waals surface area contributed by atoms with Crippen molar-refractivity contribution in [3.05, 3.63) is 41.0 Å². The fraction of sp³-hybridized carbons (Fsp3) is 0.273. The quantitative estimate of drug-likeness (QED) is 0.776. The Labute approximate surface area is 97.8 Å². The zero-order chi connectivity index (χ0) is 12.3. The number of imidazole rings is 1. The first kappa shape index (κ1) is 11.1. The van der Waals surface area contributed by atoms with Crippen LogP contribution in [0.3, 0.4) is 0 Å². The highest BCUT2D eigenvalue weighted by Gasteiger charge is 2.10. The highest BCUT2D eigenvalue weighted by Crippen LogP contribution is 2.02. The van der Waals surface area contributed by atoms with Gasteiger partial charge in [-0.05, 0) is 6.42 Å².